The molecule has 0 aliphatic carbocycles. The van der Waals surface area contributed by atoms with Crippen molar-refractivity contribution in [3.8, 4) is 5.75 Å². The Labute approximate surface area is 231 Å². The molecule has 0 fully saturated rings. The van der Waals surface area contributed by atoms with Crippen LogP contribution in [0.4, 0.5) is 11.5 Å². The standard InChI is InChI=1S/C31H29N5O2S/c1-19(2)26-15-14-25-29(35-26)32-18-33-30(25)36-27-17-22(31(38)34-20(3)21-7-5-4-6-8-21)9-16-28(27)39-24-12-10-23(37)11-13-24/h4-20,37H,1-3H3,(H,34,38)(H,32,33,35,36). The summed E-state index contributed by atoms with van der Waals surface area (Å²) in [7, 11) is 0. The summed E-state index contributed by atoms with van der Waals surface area (Å²) in [5.41, 5.74) is 3.85. The zero-order valence-corrected chi connectivity index (χ0v) is 22.7. The predicted molar refractivity (Wildman–Crippen MR) is 156 cm³/mol. The molecule has 0 aliphatic rings. The highest BCUT2D eigenvalue weighted by atomic mass is 32.2. The number of phenolic OH excluding ortho intramolecular Hbond substituents is 1. The first-order chi connectivity index (χ1) is 18.9. The number of hydrogen-bond donors (Lipinski definition) is 3. The Kier molecular flexibility index (Phi) is 7.74. The maximum Gasteiger partial charge on any atom is 0.251 e. The van der Waals surface area contributed by atoms with Gasteiger partial charge in [-0.05, 0) is 73.0 Å². The van der Waals surface area contributed by atoms with Crippen molar-refractivity contribution >= 4 is 40.2 Å². The summed E-state index contributed by atoms with van der Waals surface area (Å²) >= 11 is 1.52. The Morgan fingerprint density at radius 2 is 1.67 bits per heavy atom. The second kappa shape index (κ2) is 11.5. The van der Waals surface area contributed by atoms with Gasteiger partial charge in [0, 0.05) is 21.0 Å². The van der Waals surface area contributed by atoms with E-state index in [1.807, 2.05) is 79.7 Å². The quantitative estimate of drug-likeness (QED) is 0.193. The number of amides is 1. The normalized spacial score (nSPS) is 11.9. The summed E-state index contributed by atoms with van der Waals surface area (Å²) in [4.78, 5) is 28.7. The minimum atomic E-state index is -0.175. The van der Waals surface area contributed by atoms with Gasteiger partial charge in [0.2, 0.25) is 0 Å². The third-order valence-electron chi connectivity index (χ3n) is 6.32. The number of phenols is 1. The highest BCUT2D eigenvalue weighted by Gasteiger charge is 2.16. The Balaban J connectivity index is 1.49. The van der Waals surface area contributed by atoms with E-state index in [1.165, 1.54) is 18.1 Å². The van der Waals surface area contributed by atoms with Crippen LogP contribution in [0.15, 0.2) is 101 Å². The van der Waals surface area contributed by atoms with E-state index in [0.29, 0.717) is 17.0 Å². The molecule has 0 aliphatic heterocycles. The second-order valence-corrected chi connectivity index (χ2v) is 10.6. The molecule has 2 aromatic heterocycles. The maximum absolute atomic E-state index is 13.2. The lowest BCUT2D eigenvalue weighted by Gasteiger charge is -2.17. The number of fused-ring (bicyclic) bond motifs is 1. The van der Waals surface area contributed by atoms with Gasteiger partial charge < -0.3 is 15.7 Å². The largest absolute Gasteiger partial charge is 0.508 e. The number of aromatic hydroxyl groups is 1. The molecule has 0 spiro atoms. The SMILES string of the molecule is CC(C)c1ccc2c(Nc3cc(C(=O)NC(C)c4ccccc4)ccc3Sc3ccc(O)cc3)ncnc2n1. The molecule has 39 heavy (non-hydrogen) atoms. The van der Waals surface area contributed by atoms with Gasteiger partial charge in [0.1, 0.15) is 17.9 Å². The molecule has 2 heterocycles. The molecule has 8 heteroatoms. The topological polar surface area (TPSA) is 100 Å². The maximum atomic E-state index is 13.2. The molecule has 0 radical (unpaired) electrons. The molecule has 5 aromatic rings. The van der Waals surface area contributed by atoms with Crippen molar-refractivity contribution in [3.05, 3.63) is 108 Å². The fourth-order valence-corrected chi connectivity index (χ4v) is 4.99. The average Bonchev–Trinajstić information content (AvgIpc) is 2.95. The summed E-state index contributed by atoms with van der Waals surface area (Å²) in [6, 6.07) is 26.2. The average molecular weight is 536 g/mol. The molecule has 3 N–H and O–H groups in total. The smallest absolute Gasteiger partial charge is 0.251 e. The molecule has 0 saturated carbocycles. The van der Waals surface area contributed by atoms with Crippen LogP contribution in [0, 0.1) is 0 Å². The lowest BCUT2D eigenvalue weighted by molar-refractivity contribution is 0.0940. The molecule has 1 unspecified atom stereocenters. The molecule has 1 atom stereocenters. The molecular weight excluding hydrogens is 506 g/mol. The number of pyridine rings is 1. The van der Waals surface area contributed by atoms with Crippen molar-refractivity contribution in [3.63, 3.8) is 0 Å². The van der Waals surface area contributed by atoms with Crippen LogP contribution in [-0.2, 0) is 0 Å². The van der Waals surface area contributed by atoms with E-state index in [2.05, 4.69) is 34.4 Å². The highest BCUT2D eigenvalue weighted by Crippen LogP contribution is 2.37. The van der Waals surface area contributed by atoms with Crippen LogP contribution in [0.1, 0.15) is 54.3 Å². The van der Waals surface area contributed by atoms with Gasteiger partial charge in [-0.1, -0.05) is 55.9 Å². The van der Waals surface area contributed by atoms with Crippen molar-refractivity contribution in [2.45, 2.75) is 42.5 Å². The van der Waals surface area contributed by atoms with Gasteiger partial charge in [-0.3, -0.25) is 4.79 Å². The number of nitrogens with zero attached hydrogens (tertiary/aromatic N) is 3. The van der Waals surface area contributed by atoms with Crippen molar-refractivity contribution in [1.29, 1.82) is 0 Å². The number of carbonyl (C=O) groups excluding carboxylic acids is 1. The molecule has 5 rings (SSSR count). The Hall–Kier alpha value is -4.43. The lowest BCUT2D eigenvalue weighted by Crippen LogP contribution is -2.26. The Morgan fingerprint density at radius 3 is 2.41 bits per heavy atom. The highest BCUT2D eigenvalue weighted by molar-refractivity contribution is 7.99. The first-order valence-corrected chi connectivity index (χ1v) is 13.5. The van der Waals surface area contributed by atoms with E-state index in [4.69, 9.17) is 4.98 Å². The molecule has 0 saturated heterocycles. The van der Waals surface area contributed by atoms with Gasteiger partial charge in [-0.25, -0.2) is 15.0 Å². The van der Waals surface area contributed by atoms with Crippen LogP contribution in [0.25, 0.3) is 11.0 Å². The van der Waals surface area contributed by atoms with Crippen LogP contribution in [0.2, 0.25) is 0 Å². The van der Waals surface area contributed by atoms with Crippen molar-refractivity contribution in [1.82, 2.24) is 20.3 Å². The number of aromatic nitrogens is 3. The zero-order valence-electron chi connectivity index (χ0n) is 21.9. The zero-order chi connectivity index (χ0) is 27.4. The molecule has 1 amide bonds. The van der Waals surface area contributed by atoms with Gasteiger partial charge in [-0.2, -0.15) is 0 Å². The number of anilines is 2. The summed E-state index contributed by atoms with van der Waals surface area (Å²) in [5, 5.41) is 17.0. The van der Waals surface area contributed by atoms with Gasteiger partial charge in [0.25, 0.3) is 5.91 Å². The van der Waals surface area contributed by atoms with E-state index >= 15 is 0 Å². The summed E-state index contributed by atoms with van der Waals surface area (Å²) in [6.45, 7) is 6.15. The minimum absolute atomic E-state index is 0.145. The Bertz CT molecular complexity index is 1610. The van der Waals surface area contributed by atoms with Gasteiger partial charge in [-0.15, -0.1) is 0 Å². The summed E-state index contributed by atoms with van der Waals surface area (Å²) < 4.78 is 0. The number of nitrogens with one attached hydrogen (secondary N) is 2. The van der Waals surface area contributed by atoms with Gasteiger partial charge in [0.05, 0.1) is 17.1 Å². The molecular formula is C31H29N5O2S. The van der Waals surface area contributed by atoms with Crippen LogP contribution in [0.3, 0.4) is 0 Å². The van der Waals surface area contributed by atoms with Crippen LogP contribution in [-0.4, -0.2) is 26.0 Å². The summed E-state index contributed by atoms with van der Waals surface area (Å²) in [5.74, 6) is 0.914. The molecule has 3 aromatic carbocycles. The first kappa shape index (κ1) is 26.2. The Morgan fingerprint density at radius 1 is 0.897 bits per heavy atom. The van der Waals surface area contributed by atoms with E-state index in [0.717, 1.165) is 32.1 Å². The van der Waals surface area contributed by atoms with Crippen LogP contribution in [0.5, 0.6) is 5.75 Å². The van der Waals surface area contributed by atoms with E-state index in [1.54, 1.807) is 12.1 Å². The van der Waals surface area contributed by atoms with E-state index in [9.17, 15) is 9.90 Å². The number of hydrogen-bond acceptors (Lipinski definition) is 7. The fraction of sp³-hybridized carbons (Fsp3) is 0.161. The van der Waals surface area contributed by atoms with Gasteiger partial charge >= 0.3 is 0 Å². The predicted octanol–water partition coefficient (Wildman–Crippen LogP) is 7.24. The van der Waals surface area contributed by atoms with Crippen LogP contribution < -0.4 is 10.6 Å². The molecule has 0 bridgehead atoms. The fourth-order valence-electron chi connectivity index (χ4n) is 4.11. The van der Waals surface area contributed by atoms with Gasteiger partial charge in [0.15, 0.2) is 5.65 Å². The monoisotopic (exact) mass is 535 g/mol. The third kappa shape index (κ3) is 6.18. The van der Waals surface area contributed by atoms with Crippen LogP contribution >= 0.6 is 11.8 Å². The second-order valence-electron chi connectivity index (χ2n) is 9.52. The van der Waals surface area contributed by atoms with Crippen molar-refractivity contribution < 1.29 is 9.90 Å². The number of rotatable bonds is 8. The number of carbonyl (C=O) groups is 1. The van der Waals surface area contributed by atoms with Crippen molar-refractivity contribution in [2.24, 2.45) is 0 Å². The van der Waals surface area contributed by atoms with E-state index in [-0.39, 0.29) is 23.6 Å². The lowest BCUT2D eigenvalue weighted by atomic mass is 10.1. The summed E-state index contributed by atoms with van der Waals surface area (Å²) in [6.07, 6.45) is 1.49. The van der Waals surface area contributed by atoms with E-state index < -0.39 is 0 Å². The third-order valence-corrected chi connectivity index (χ3v) is 7.40. The first-order valence-electron chi connectivity index (χ1n) is 12.7. The molecule has 7 nitrogen and oxygen atoms in total. The van der Waals surface area contributed by atoms with Crippen molar-refractivity contribution in [2.75, 3.05) is 5.32 Å². The number of benzene rings is 3. The molecule has 196 valence electrons. The minimum Gasteiger partial charge on any atom is -0.508 e.